The lowest BCUT2D eigenvalue weighted by Gasteiger charge is -2.55. The number of allylic oxidation sites excluding steroid dienone is 1. The highest BCUT2D eigenvalue weighted by atomic mass is 19.1. The van der Waals surface area contributed by atoms with E-state index in [0.29, 0.717) is 24.1 Å². The topological polar surface area (TPSA) is 69.6 Å². The molecule has 2 aromatic rings. The van der Waals surface area contributed by atoms with Crippen LogP contribution in [0.1, 0.15) is 31.4 Å². The van der Waals surface area contributed by atoms with E-state index in [-0.39, 0.29) is 35.9 Å². The minimum atomic E-state index is -0.912. The lowest BCUT2D eigenvalue weighted by atomic mass is 9.67. The summed E-state index contributed by atoms with van der Waals surface area (Å²) in [6.07, 6.45) is 3.46. The van der Waals surface area contributed by atoms with E-state index in [1.165, 1.54) is 36.4 Å². The molecule has 31 heavy (non-hydrogen) atoms. The number of carbonyl (C=O) groups excluding carboxylic acids is 2. The number of ketones is 1. The molecule has 2 aromatic carbocycles. The van der Waals surface area contributed by atoms with Crippen molar-refractivity contribution in [1.29, 1.82) is 0 Å². The van der Waals surface area contributed by atoms with Crippen molar-refractivity contribution in [2.45, 2.75) is 38.0 Å². The first-order chi connectivity index (χ1) is 14.8. The molecule has 1 aliphatic heterocycles. The van der Waals surface area contributed by atoms with Crippen molar-refractivity contribution in [3.63, 3.8) is 0 Å². The third-order valence-electron chi connectivity index (χ3n) is 6.22. The number of carbonyl (C=O) groups is 2. The van der Waals surface area contributed by atoms with Crippen molar-refractivity contribution in [1.82, 2.24) is 5.32 Å². The zero-order chi connectivity index (χ0) is 22.2. The number of hydrogen-bond donors (Lipinski definition) is 2. The lowest BCUT2D eigenvalue weighted by Crippen LogP contribution is -2.75. The van der Waals surface area contributed by atoms with Crippen molar-refractivity contribution in [3.05, 3.63) is 77.9 Å². The number of halogens is 2. The molecule has 2 N–H and O–H groups in total. The predicted octanol–water partition coefficient (Wildman–Crippen LogP) is 3.30. The Hall–Kier alpha value is -2.90. The largest absolute Gasteiger partial charge is 0.387 e. The fourth-order valence-corrected chi connectivity index (χ4v) is 4.38. The van der Waals surface area contributed by atoms with E-state index < -0.39 is 17.6 Å². The highest BCUT2D eigenvalue weighted by Gasteiger charge is 2.56. The first kappa shape index (κ1) is 21.3. The van der Waals surface area contributed by atoms with Crippen LogP contribution in [0, 0.1) is 17.0 Å². The van der Waals surface area contributed by atoms with Crippen LogP contribution in [-0.2, 0) is 9.59 Å². The molecule has 4 rings (SSSR count). The van der Waals surface area contributed by atoms with Crippen molar-refractivity contribution in [2.75, 3.05) is 11.4 Å². The molecule has 4 unspecified atom stereocenters. The summed E-state index contributed by atoms with van der Waals surface area (Å²) in [6, 6.07) is 10.4. The number of aliphatic hydroxyl groups excluding tert-OH is 1. The van der Waals surface area contributed by atoms with E-state index in [4.69, 9.17) is 0 Å². The van der Waals surface area contributed by atoms with Crippen LogP contribution in [0.25, 0.3) is 0 Å². The van der Waals surface area contributed by atoms with E-state index in [9.17, 15) is 23.5 Å². The van der Waals surface area contributed by atoms with Crippen LogP contribution in [0.15, 0.2) is 60.7 Å². The van der Waals surface area contributed by atoms with Gasteiger partial charge in [0.1, 0.15) is 17.7 Å². The number of nitrogens with one attached hydrogen (secondary N) is 1. The molecule has 1 aliphatic carbocycles. The van der Waals surface area contributed by atoms with Gasteiger partial charge >= 0.3 is 0 Å². The third kappa shape index (κ3) is 4.16. The Bertz CT molecular complexity index is 1010. The summed E-state index contributed by atoms with van der Waals surface area (Å²) in [7, 11) is 0. The molecule has 0 radical (unpaired) electrons. The van der Waals surface area contributed by atoms with Crippen molar-refractivity contribution in [2.24, 2.45) is 5.41 Å². The molecular weight excluding hydrogens is 402 g/mol. The summed E-state index contributed by atoms with van der Waals surface area (Å²) in [5.74, 6) is -0.915. The molecule has 1 amide bonds. The second-order valence-electron chi connectivity index (χ2n) is 8.39. The summed E-state index contributed by atoms with van der Waals surface area (Å²) in [5.41, 5.74) is 0.663. The molecule has 0 bridgehead atoms. The first-order valence-corrected chi connectivity index (χ1v) is 10.3. The smallest absolute Gasteiger partial charge is 0.246 e. The van der Waals surface area contributed by atoms with Gasteiger partial charge in [0, 0.05) is 24.1 Å². The molecule has 7 heteroatoms. The quantitative estimate of drug-likeness (QED) is 0.696. The van der Waals surface area contributed by atoms with Gasteiger partial charge in [0.15, 0.2) is 5.78 Å². The predicted molar refractivity (Wildman–Crippen MR) is 112 cm³/mol. The molecule has 1 saturated heterocycles. The summed E-state index contributed by atoms with van der Waals surface area (Å²) < 4.78 is 26.5. The summed E-state index contributed by atoms with van der Waals surface area (Å²) in [4.78, 5) is 26.4. The van der Waals surface area contributed by atoms with Gasteiger partial charge in [0.2, 0.25) is 5.91 Å². The van der Waals surface area contributed by atoms with Gasteiger partial charge in [-0.25, -0.2) is 8.78 Å². The number of β-lactam (4-membered cyclic amide) rings is 1. The molecule has 0 spiro atoms. The first-order valence-electron chi connectivity index (χ1n) is 10.3. The molecule has 0 aromatic heterocycles. The minimum Gasteiger partial charge on any atom is -0.387 e. The molecule has 162 valence electrons. The molecule has 1 heterocycles. The van der Waals surface area contributed by atoms with Gasteiger partial charge in [-0.2, -0.15) is 0 Å². The van der Waals surface area contributed by atoms with Crippen LogP contribution in [0.3, 0.4) is 0 Å². The fourth-order valence-electron chi connectivity index (χ4n) is 4.38. The van der Waals surface area contributed by atoms with Gasteiger partial charge in [-0.05, 0) is 54.5 Å². The van der Waals surface area contributed by atoms with Gasteiger partial charge in [-0.3, -0.25) is 9.59 Å². The Morgan fingerprint density at radius 1 is 1.10 bits per heavy atom. The molecular formula is C24H24F2N2O3. The average Bonchev–Trinajstić information content (AvgIpc) is 2.76. The van der Waals surface area contributed by atoms with E-state index in [0.717, 1.165) is 0 Å². The Morgan fingerprint density at radius 2 is 1.71 bits per heavy atom. The number of anilines is 1. The van der Waals surface area contributed by atoms with Crippen LogP contribution in [0.5, 0.6) is 0 Å². The van der Waals surface area contributed by atoms with E-state index >= 15 is 0 Å². The zero-order valence-corrected chi connectivity index (χ0v) is 17.1. The Labute approximate surface area is 179 Å². The molecule has 1 fully saturated rings. The highest BCUT2D eigenvalue weighted by Crippen LogP contribution is 2.44. The average molecular weight is 426 g/mol. The molecule has 5 nitrogen and oxygen atoms in total. The molecule has 2 aliphatic rings. The standard InChI is InChI=1S/C24H24F2N2O3/c1-24(12-10-19(29)11-13-24)22-21(23(31)28(22)18-8-6-17(26)7-9-18)27-14-20(30)15-2-4-16(25)5-3-15/h2-10,12,20-22,27,30H,11,13-14H2,1H3. The summed E-state index contributed by atoms with van der Waals surface area (Å²) in [6.45, 7) is 2.10. The zero-order valence-electron chi connectivity index (χ0n) is 17.1. The Kier molecular flexibility index (Phi) is 5.73. The number of aliphatic hydroxyl groups is 1. The second-order valence-corrected chi connectivity index (χ2v) is 8.39. The van der Waals surface area contributed by atoms with Crippen LogP contribution < -0.4 is 10.2 Å². The Balaban J connectivity index is 1.56. The van der Waals surface area contributed by atoms with E-state index in [2.05, 4.69) is 5.32 Å². The van der Waals surface area contributed by atoms with Gasteiger partial charge in [-0.1, -0.05) is 25.1 Å². The van der Waals surface area contributed by atoms with Crippen molar-refractivity contribution >= 4 is 17.4 Å². The number of hydrogen-bond acceptors (Lipinski definition) is 4. The number of amides is 1. The number of nitrogens with zero attached hydrogens (tertiary/aromatic N) is 1. The van der Waals surface area contributed by atoms with Crippen LogP contribution in [-0.4, -0.2) is 35.4 Å². The van der Waals surface area contributed by atoms with Crippen LogP contribution in [0.2, 0.25) is 0 Å². The van der Waals surface area contributed by atoms with Gasteiger partial charge in [-0.15, -0.1) is 0 Å². The third-order valence-corrected chi connectivity index (χ3v) is 6.22. The van der Waals surface area contributed by atoms with Crippen molar-refractivity contribution < 1.29 is 23.5 Å². The monoisotopic (exact) mass is 426 g/mol. The van der Waals surface area contributed by atoms with Gasteiger partial charge < -0.3 is 15.3 Å². The maximum absolute atomic E-state index is 13.4. The summed E-state index contributed by atoms with van der Waals surface area (Å²) in [5, 5.41) is 13.6. The van der Waals surface area contributed by atoms with Crippen LogP contribution in [0.4, 0.5) is 14.5 Å². The van der Waals surface area contributed by atoms with Crippen LogP contribution >= 0.6 is 0 Å². The normalized spacial score (nSPS) is 26.6. The molecule has 0 saturated carbocycles. The lowest BCUT2D eigenvalue weighted by molar-refractivity contribution is -0.130. The van der Waals surface area contributed by atoms with Gasteiger partial charge in [0.05, 0.1) is 12.1 Å². The SMILES string of the molecule is CC1(C2C(NCC(O)c3ccc(F)cc3)C(=O)N2c2ccc(F)cc2)C=CC(=O)CC1. The summed E-state index contributed by atoms with van der Waals surface area (Å²) >= 11 is 0. The van der Waals surface area contributed by atoms with E-state index in [1.807, 2.05) is 13.0 Å². The van der Waals surface area contributed by atoms with E-state index in [1.54, 1.807) is 23.1 Å². The number of benzene rings is 2. The maximum atomic E-state index is 13.4. The van der Waals surface area contributed by atoms with Gasteiger partial charge in [0.25, 0.3) is 0 Å². The second kappa shape index (κ2) is 8.32. The van der Waals surface area contributed by atoms with Crippen molar-refractivity contribution in [3.8, 4) is 0 Å². The molecule has 4 atom stereocenters. The minimum absolute atomic E-state index is 0.0488. The Morgan fingerprint density at radius 3 is 2.29 bits per heavy atom. The highest BCUT2D eigenvalue weighted by molar-refractivity contribution is 6.06. The fraction of sp³-hybridized carbons (Fsp3) is 0.333. The number of rotatable bonds is 6. The maximum Gasteiger partial charge on any atom is 0.246 e.